The SMILES string of the molecule is CC(C)(O)Cc1ccc(C(=O)C(=O)O)cc1. The lowest BCUT2D eigenvalue weighted by atomic mass is 9.97. The third kappa shape index (κ3) is 3.47. The second-order valence-electron chi connectivity index (χ2n) is 4.32. The molecule has 4 heteroatoms. The Morgan fingerprint density at radius 1 is 1.19 bits per heavy atom. The van der Waals surface area contributed by atoms with E-state index in [1.165, 1.54) is 12.1 Å². The number of carboxylic acids is 1. The van der Waals surface area contributed by atoms with Crippen molar-refractivity contribution in [3.8, 4) is 0 Å². The summed E-state index contributed by atoms with van der Waals surface area (Å²) in [4.78, 5) is 21.5. The van der Waals surface area contributed by atoms with Gasteiger partial charge in [-0.3, -0.25) is 4.79 Å². The van der Waals surface area contributed by atoms with Gasteiger partial charge < -0.3 is 10.2 Å². The van der Waals surface area contributed by atoms with Gasteiger partial charge in [-0.05, 0) is 19.4 Å². The molecule has 0 aliphatic heterocycles. The van der Waals surface area contributed by atoms with E-state index >= 15 is 0 Å². The Morgan fingerprint density at radius 3 is 2.06 bits per heavy atom. The number of ketones is 1. The van der Waals surface area contributed by atoms with E-state index in [0.717, 1.165) is 5.56 Å². The molecule has 1 aromatic carbocycles. The number of hydrogen-bond donors (Lipinski definition) is 2. The number of Topliss-reactive ketones (excluding diaryl/α,β-unsaturated/α-hetero) is 1. The molecule has 0 heterocycles. The average Bonchev–Trinajstić information content (AvgIpc) is 2.15. The minimum atomic E-state index is -1.46. The Bertz CT molecular complexity index is 398. The maximum atomic E-state index is 11.1. The molecular formula is C12H14O4. The van der Waals surface area contributed by atoms with Gasteiger partial charge in [0.2, 0.25) is 0 Å². The lowest BCUT2D eigenvalue weighted by Crippen LogP contribution is -2.21. The largest absolute Gasteiger partial charge is 0.475 e. The van der Waals surface area contributed by atoms with Gasteiger partial charge in [0.1, 0.15) is 0 Å². The monoisotopic (exact) mass is 222 g/mol. The fourth-order valence-electron chi connectivity index (χ4n) is 1.40. The quantitative estimate of drug-likeness (QED) is 0.594. The molecule has 0 fully saturated rings. The van der Waals surface area contributed by atoms with Crippen LogP contribution in [0.3, 0.4) is 0 Å². The summed E-state index contributed by atoms with van der Waals surface area (Å²) in [5, 5.41) is 18.1. The maximum absolute atomic E-state index is 11.1. The summed E-state index contributed by atoms with van der Waals surface area (Å²) in [7, 11) is 0. The highest BCUT2D eigenvalue weighted by Gasteiger charge is 2.16. The third-order valence-corrected chi connectivity index (χ3v) is 2.05. The highest BCUT2D eigenvalue weighted by molar-refractivity contribution is 6.39. The molecule has 0 amide bonds. The number of carboxylic acid groups (broad SMARTS) is 1. The Labute approximate surface area is 93.5 Å². The van der Waals surface area contributed by atoms with E-state index in [0.29, 0.717) is 6.42 Å². The van der Waals surface area contributed by atoms with Crippen molar-refractivity contribution in [1.82, 2.24) is 0 Å². The van der Waals surface area contributed by atoms with Gasteiger partial charge in [-0.25, -0.2) is 4.79 Å². The van der Waals surface area contributed by atoms with E-state index in [1.54, 1.807) is 26.0 Å². The smallest absolute Gasteiger partial charge is 0.377 e. The molecule has 1 rings (SSSR count). The first-order chi connectivity index (χ1) is 7.29. The van der Waals surface area contributed by atoms with Crippen molar-refractivity contribution >= 4 is 11.8 Å². The van der Waals surface area contributed by atoms with Crippen LogP contribution in [0.4, 0.5) is 0 Å². The Kier molecular flexibility index (Phi) is 3.44. The molecule has 0 atom stereocenters. The summed E-state index contributed by atoms with van der Waals surface area (Å²) in [5.74, 6) is -2.38. The predicted octanol–water partition coefficient (Wildman–Crippen LogP) is 1.27. The Balaban J connectivity index is 2.84. The molecule has 1 aromatic rings. The summed E-state index contributed by atoms with van der Waals surface area (Å²) in [6.45, 7) is 3.37. The number of aliphatic hydroxyl groups is 1. The van der Waals surface area contributed by atoms with E-state index in [2.05, 4.69) is 0 Å². The lowest BCUT2D eigenvalue weighted by Gasteiger charge is -2.16. The highest BCUT2D eigenvalue weighted by atomic mass is 16.4. The van der Waals surface area contributed by atoms with Crippen molar-refractivity contribution in [2.24, 2.45) is 0 Å². The zero-order valence-electron chi connectivity index (χ0n) is 9.23. The van der Waals surface area contributed by atoms with Gasteiger partial charge >= 0.3 is 5.97 Å². The van der Waals surface area contributed by atoms with Crippen LogP contribution in [0, 0.1) is 0 Å². The second-order valence-corrected chi connectivity index (χ2v) is 4.32. The van der Waals surface area contributed by atoms with Crippen molar-refractivity contribution in [2.75, 3.05) is 0 Å². The molecule has 0 bridgehead atoms. The molecular weight excluding hydrogens is 208 g/mol. The average molecular weight is 222 g/mol. The van der Waals surface area contributed by atoms with Crippen LogP contribution in [0.15, 0.2) is 24.3 Å². The van der Waals surface area contributed by atoms with Gasteiger partial charge in [0, 0.05) is 12.0 Å². The van der Waals surface area contributed by atoms with E-state index in [-0.39, 0.29) is 5.56 Å². The molecule has 4 nitrogen and oxygen atoms in total. The van der Waals surface area contributed by atoms with E-state index in [1.807, 2.05) is 0 Å². The van der Waals surface area contributed by atoms with Crippen LogP contribution in [0.2, 0.25) is 0 Å². The second kappa shape index (κ2) is 4.45. The number of rotatable bonds is 4. The number of hydrogen-bond acceptors (Lipinski definition) is 3. The van der Waals surface area contributed by atoms with Crippen LogP contribution in [0.1, 0.15) is 29.8 Å². The first-order valence-corrected chi connectivity index (χ1v) is 4.88. The standard InChI is InChI=1S/C12H14O4/c1-12(2,16)7-8-3-5-9(6-4-8)10(13)11(14)15/h3-6,16H,7H2,1-2H3,(H,14,15). The molecule has 0 radical (unpaired) electrons. The minimum Gasteiger partial charge on any atom is -0.475 e. The summed E-state index contributed by atoms with van der Waals surface area (Å²) in [6, 6.07) is 6.21. The molecule has 0 saturated heterocycles. The van der Waals surface area contributed by atoms with Crippen LogP contribution >= 0.6 is 0 Å². The Hall–Kier alpha value is -1.68. The molecule has 2 N–H and O–H groups in total. The normalized spacial score (nSPS) is 11.2. The van der Waals surface area contributed by atoms with Crippen molar-refractivity contribution in [3.63, 3.8) is 0 Å². The third-order valence-electron chi connectivity index (χ3n) is 2.05. The van der Waals surface area contributed by atoms with Crippen LogP contribution < -0.4 is 0 Å². The molecule has 0 aliphatic rings. The fourth-order valence-corrected chi connectivity index (χ4v) is 1.40. The van der Waals surface area contributed by atoms with E-state index in [9.17, 15) is 14.7 Å². The van der Waals surface area contributed by atoms with Gasteiger partial charge in [-0.2, -0.15) is 0 Å². The predicted molar refractivity (Wildman–Crippen MR) is 58.4 cm³/mol. The van der Waals surface area contributed by atoms with Crippen LogP contribution in [-0.4, -0.2) is 27.6 Å². The molecule has 0 aliphatic carbocycles. The van der Waals surface area contributed by atoms with Gasteiger partial charge in [-0.1, -0.05) is 24.3 Å². The van der Waals surface area contributed by atoms with Gasteiger partial charge in [0.05, 0.1) is 5.60 Å². The molecule has 86 valence electrons. The topological polar surface area (TPSA) is 74.6 Å². The summed E-state index contributed by atoms with van der Waals surface area (Å²) in [5.41, 5.74) is 0.180. The van der Waals surface area contributed by atoms with Crippen LogP contribution in [0.5, 0.6) is 0 Å². The maximum Gasteiger partial charge on any atom is 0.377 e. The zero-order chi connectivity index (χ0) is 12.3. The van der Waals surface area contributed by atoms with Crippen LogP contribution in [0.25, 0.3) is 0 Å². The van der Waals surface area contributed by atoms with E-state index < -0.39 is 17.4 Å². The summed E-state index contributed by atoms with van der Waals surface area (Å²) >= 11 is 0. The van der Waals surface area contributed by atoms with Gasteiger partial charge in [0.25, 0.3) is 5.78 Å². The molecule has 0 saturated carbocycles. The molecule has 0 spiro atoms. The van der Waals surface area contributed by atoms with E-state index in [4.69, 9.17) is 5.11 Å². The van der Waals surface area contributed by atoms with Crippen molar-refractivity contribution < 1.29 is 19.8 Å². The fraction of sp³-hybridized carbons (Fsp3) is 0.333. The first-order valence-electron chi connectivity index (χ1n) is 4.88. The minimum absolute atomic E-state index is 0.145. The van der Waals surface area contributed by atoms with Crippen LogP contribution in [-0.2, 0) is 11.2 Å². The van der Waals surface area contributed by atoms with Gasteiger partial charge in [-0.15, -0.1) is 0 Å². The first kappa shape index (κ1) is 12.4. The number of carbonyl (C=O) groups excluding carboxylic acids is 1. The highest BCUT2D eigenvalue weighted by Crippen LogP contribution is 2.13. The summed E-state index contributed by atoms with van der Waals surface area (Å²) in [6.07, 6.45) is 0.453. The van der Waals surface area contributed by atoms with Crippen molar-refractivity contribution in [2.45, 2.75) is 25.9 Å². The number of carbonyl (C=O) groups is 2. The van der Waals surface area contributed by atoms with Gasteiger partial charge in [0.15, 0.2) is 0 Å². The van der Waals surface area contributed by atoms with Crippen molar-refractivity contribution in [1.29, 1.82) is 0 Å². The van der Waals surface area contributed by atoms with Crippen molar-refractivity contribution in [3.05, 3.63) is 35.4 Å². The molecule has 0 unspecified atom stereocenters. The number of benzene rings is 1. The lowest BCUT2D eigenvalue weighted by molar-refractivity contribution is -0.131. The number of aliphatic carboxylic acids is 1. The Morgan fingerprint density at radius 2 is 1.69 bits per heavy atom. The molecule has 16 heavy (non-hydrogen) atoms. The molecule has 0 aromatic heterocycles. The zero-order valence-corrected chi connectivity index (χ0v) is 9.23. The summed E-state index contributed by atoms with van der Waals surface area (Å²) < 4.78 is 0.